The van der Waals surface area contributed by atoms with Crippen LogP contribution in [0.2, 0.25) is 0 Å². The lowest BCUT2D eigenvalue weighted by Crippen LogP contribution is -2.28. The molecular weight excluding hydrogens is 210 g/mol. The van der Waals surface area contributed by atoms with E-state index in [1.165, 1.54) is 16.3 Å². The van der Waals surface area contributed by atoms with Gasteiger partial charge in [-0.25, -0.2) is 4.98 Å². The molecule has 1 atom stereocenters. The number of aromatic nitrogens is 1. The highest BCUT2D eigenvalue weighted by Gasteiger charge is 2.38. The van der Waals surface area contributed by atoms with Crippen molar-refractivity contribution < 1.29 is 4.79 Å². The van der Waals surface area contributed by atoms with Crippen molar-refractivity contribution in [3.05, 3.63) is 11.6 Å². The fraction of sp³-hybridized carbons (Fsp3) is 0.500. The van der Waals surface area contributed by atoms with Gasteiger partial charge in [0.25, 0.3) is 5.91 Å². The number of fused-ring (bicyclic) bond motifs is 1. The van der Waals surface area contributed by atoms with Crippen LogP contribution in [0.5, 0.6) is 0 Å². The number of hydrogen-bond donors (Lipinski definition) is 0. The Kier molecular flexibility index (Phi) is 2.05. The van der Waals surface area contributed by atoms with Gasteiger partial charge in [0.1, 0.15) is 0 Å². The van der Waals surface area contributed by atoms with E-state index in [1.807, 2.05) is 5.38 Å². The van der Waals surface area contributed by atoms with Gasteiger partial charge >= 0.3 is 0 Å². The first-order valence-corrected chi connectivity index (χ1v) is 6.05. The minimum absolute atomic E-state index is 0.0441. The maximum atomic E-state index is 12.0. The van der Waals surface area contributed by atoms with Crippen LogP contribution in [0.25, 0.3) is 0 Å². The van der Waals surface area contributed by atoms with Crippen molar-refractivity contribution in [2.45, 2.75) is 25.7 Å². The van der Waals surface area contributed by atoms with E-state index in [9.17, 15) is 4.79 Å². The van der Waals surface area contributed by atoms with E-state index in [0.717, 1.165) is 31.4 Å². The smallest absolute Gasteiger partial charge is 0.258 e. The number of hydrazone groups is 1. The molecule has 78 valence electrons. The van der Waals surface area contributed by atoms with Crippen molar-refractivity contribution in [2.75, 3.05) is 5.01 Å². The number of amides is 1. The number of rotatable bonds is 1. The molecule has 0 saturated heterocycles. The first-order chi connectivity index (χ1) is 7.36. The van der Waals surface area contributed by atoms with Crippen LogP contribution in [0.15, 0.2) is 16.7 Å². The lowest BCUT2D eigenvalue weighted by atomic mass is 9.87. The largest absolute Gasteiger partial charge is 0.272 e. The second kappa shape index (κ2) is 3.41. The molecule has 5 heteroatoms. The summed E-state index contributed by atoms with van der Waals surface area (Å²) >= 11 is 1.46. The summed E-state index contributed by atoms with van der Waals surface area (Å²) < 4.78 is 0. The number of carbonyl (C=O) groups excluding carboxylic acids is 1. The molecule has 1 amide bonds. The van der Waals surface area contributed by atoms with Gasteiger partial charge in [0, 0.05) is 11.6 Å². The van der Waals surface area contributed by atoms with Crippen LogP contribution in [-0.2, 0) is 4.79 Å². The molecule has 2 aliphatic rings. The molecule has 1 aromatic rings. The Morgan fingerprint density at radius 2 is 2.40 bits per heavy atom. The van der Waals surface area contributed by atoms with Gasteiger partial charge in [0.15, 0.2) is 0 Å². The van der Waals surface area contributed by atoms with Crippen molar-refractivity contribution in [2.24, 2.45) is 11.0 Å². The van der Waals surface area contributed by atoms with Gasteiger partial charge in [-0.2, -0.15) is 10.1 Å². The average molecular weight is 221 g/mol. The Morgan fingerprint density at radius 3 is 3.13 bits per heavy atom. The predicted molar refractivity (Wildman–Crippen MR) is 59.0 cm³/mol. The first-order valence-electron chi connectivity index (χ1n) is 5.17. The zero-order valence-corrected chi connectivity index (χ0v) is 9.04. The third kappa shape index (κ3) is 1.38. The molecule has 15 heavy (non-hydrogen) atoms. The summed E-state index contributed by atoms with van der Waals surface area (Å²) in [5.74, 6) is 0.155. The van der Waals surface area contributed by atoms with E-state index in [2.05, 4.69) is 10.1 Å². The maximum Gasteiger partial charge on any atom is 0.258 e. The molecule has 0 N–H and O–H groups in total. The van der Waals surface area contributed by atoms with Crippen molar-refractivity contribution in [1.82, 2.24) is 4.98 Å². The van der Waals surface area contributed by atoms with Gasteiger partial charge in [-0.15, -0.1) is 11.3 Å². The number of nitrogens with zero attached hydrogens (tertiary/aromatic N) is 3. The minimum atomic E-state index is 0.0441. The van der Waals surface area contributed by atoms with Crippen LogP contribution in [0, 0.1) is 5.92 Å². The molecule has 1 aliphatic carbocycles. The molecule has 1 saturated carbocycles. The predicted octanol–water partition coefficient (Wildman–Crippen LogP) is 2.04. The standard InChI is InChI=1S/C10H11N3OS/c14-9-7-3-1-2-4-8(7)12-13(9)10-11-5-6-15-10/h5-7H,1-4H2. The Labute approximate surface area is 91.6 Å². The van der Waals surface area contributed by atoms with Crippen LogP contribution in [0.1, 0.15) is 25.7 Å². The van der Waals surface area contributed by atoms with Crippen LogP contribution in [0.4, 0.5) is 5.13 Å². The highest BCUT2D eigenvalue weighted by Crippen LogP contribution is 2.32. The highest BCUT2D eigenvalue weighted by atomic mass is 32.1. The number of carbonyl (C=O) groups is 1. The molecule has 4 nitrogen and oxygen atoms in total. The van der Waals surface area contributed by atoms with E-state index < -0.39 is 0 Å². The second-order valence-corrected chi connectivity index (χ2v) is 4.73. The Balaban J connectivity index is 1.93. The highest BCUT2D eigenvalue weighted by molar-refractivity contribution is 7.13. The summed E-state index contributed by atoms with van der Waals surface area (Å²) in [6, 6.07) is 0. The van der Waals surface area contributed by atoms with Crippen LogP contribution < -0.4 is 5.01 Å². The van der Waals surface area contributed by atoms with Gasteiger partial charge < -0.3 is 0 Å². The normalized spacial score (nSPS) is 25.3. The van der Waals surface area contributed by atoms with E-state index in [4.69, 9.17) is 0 Å². The lowest BCUT2D eigenvalue weighted by molar-refractivity contribution is -0.120. The van der Waals surface area contributed by atoms with E-state index in [1.54, 1.807) is 6.20 Å². The first kappa shape index (κ1) is 9.03. The van der Waals surface area contributed by atoms with Crippen LogP contribution >= 0.6 is 11.3 Å². The molecule has 1 aliphatic heterocycles. The Morgan fingerprint density at radius 1 is 1.47 bits per heavy atom. The zero-order chi connectivity index (χ0) is 10.3. The van der Waals surface area contributed by atoms with Crippen LogP contribution in [-0.4, -0.2) is 16.6 Å². The third-order valence-corrected chi connectivity index (χ3v) is 3.66. The third-order valence-electron chi connectivity index (χ3n) is 2.91. The van der Waals surface area contributed by atoms with Gasteiger partial charge in [0.05, 0.1) is 11.6 Å². The van der Waals surface area contributed by atoms with E-state index >= 15 is 0 Å². The van der Waals surface area contributed by atoms with Crippen molar-refractivity contribution in [3.8, 4) is 0 Å². The Bertz CT molecular complexity index is 412. The van der Waals surface area contributed by atoms with Crippen molar-refractivity contribution in [1.29, 1.82) is 0 Å². The fourth-order valence-corrected chi connectivity index (χ4v) is 2.76. The van der Waals surface area contributed by atoms with E-state index in [-0.39, 0.29) is 11.8 Å². The van der Waals surface area contributed by atoms with Gasteiger partial charge in [-0.05, 0) is 19.3 Å². The van der Waals surface area contributed by atoms with Crippen molar-refractivity contribution >= 4 is 28.1 Å². The molecule has 1 unspecified atom stereocenters. The number of hydrogen-bond acceptors (Lipinski definition) is 4. The molecule has 1 fully saturated rings. The summed E-state index contributed by atoms with van der Waals surface area (Å²) in [7, 11) is 0. The van der Waals surface area contributed by atoms with Gasteiger partial charge in [0.2, 0.25) is 5.13 Å². The topological polar surface area (TPSA) is 45.6 Å². The van der Waals surface area contributed by atoms with E-state index in [0.29, 0.717) is 5.13 Å². The summed E-state index contributed by atoms with van der Waals surface area (Å²) in [6.45, 7) is 0. The molecule has 0 aromatic carbocycles. The SMILES string of the molecule is O=C1C2CCCCC2=NN1c1nccs1. The summed E-state index contributed by atoms with van der Waals surface area (Å²) in [4.78, 5) is 16.1. The quantitative estimate of drug-likeness (QED) is 0.728. The molecule has 0 radical (unpaired) electrons. The summed E-state index contributed by atoms with van der Waals surface area (Å²) in [6.07, 6.45) is 5.93. The number of thiazole rings is 1. The molecule has 1 aromatic heterocycles. The molecule has 0 spiro atoms. The monoisotopic (exact) mass is 221 g/mol. The molecule has 0 bridgehead atoms. The van der Waals surface area contributed by atoms with Crippen molar-refractivity contribution in [3.63, 3.8) is 0 Å². The van der Waals surface area contributed by atoms with Crippen LogP contribution in [0.3, 0.4) is 0 Å². The molecular formula is C10H11N3OS. The average Bonchev–Trinajstić information content (AvgIpc) is 2.87. The number of anilines is 1. The zero-order valence-electron chi connectivity index (χ0n) is 8.22. The summed E-state index contributed by atoms with van der Waals surface area (Å²) in [5, 5.41) is 8.43. The lowest BCUT2D eigenvalue weighted by Gasteiger charge is -2.15. The molecule has 2 heterocycles. The minimum Gasteiger partial charge on any atom is -0.272 e. The Hall–Kier alpha value is -1.23. The second-order valence-electron chi connectivity index (χ2n) is 3.85. The summed E-state index contributed by atoms with van der Waals surface area (Å²) in [5.41, 5.74) is 1.06. The molecule has 3 rings (SSSR count). The van der Waals surface area contributed by atoms with Gasteiger partial charge in [-0.3, -0.25) is 4.79 Å². The maximum absolute atomic E-state index is 12.0. The fourth-order valence-electron chi connectivity index (χ4n) is 2.16. The van der Waals surface area contributed by atoms with Gasteiger partial charge in [-0.1, -0.05) is 6.42 Å².